The summed E-state index contributed by atoms with van der Waals surface area (Å²) in [4.78, 5) is 7.45. The molecule has 1 aromatic rings. The molecule has 1 aliphatic rings. The van der Waals surface area contributed by atoms with Gasteiger partial charge in [-0.05, 0) is 32.4 Å². The molecule has 1 fully saturated rings. The first-order valence-corrected chi connectivity index (χ1v) is 8.33. The highest BCUT2D eigenvalue weighted by Crippen LogP contribution is 2.33. The third-order valence-electron chi connectivity index (χ3n) is 4.56. The predicted molar refractivity (Wildman–Crippen MR) is 96.4 cm³/mol. The summed E-state index contributed by atoms with van der Waals surface area (Å²) in [6, 6.07) is 4.38. The van der Waals surface area contributed by atoms with Crippen LogP contribution < -0.4 is 14.8 Å². The van der Waals surface area contributed by atoms with Crippen molar-refractivity contribution in [3.8, 4) is 11.5 Å². The summed E-state index contributed by atoms with van der Waals surface area (Å²) >= 11 is 0. The van der Waals surface area contributed by atoms with Crippen molar-refractivity contribution in [2.45, 2.75) is 32.7 Å². The SMILES string of the molecule is CCN1CCC(N=C(C)c2cc(OC)c(OC)cc2NC)CC1. The van der Waals surface area contributed by atoms with Gasteiger partial charge in [0.25, 0.3) is 0 Å². The summed E-state index contributed by atoms with van der Waals surface area (Å²) in [7, 11) is 5.23. The van der Waals surface area contributed by atoms with Gasteiger partial charge in [0.05, 0.1) is 20.3 Å². The molecule has 2 rings (SSSR count). The number of ether oxygens (including phenoxy) is 2. The topological polar surface area (TPSA) is 46.1 Å². The molecule has 1 heterocycles. The van der Waals surface area contributed by atoms with Crippen molar-refractivity contribution < 1.29 is 9.47 Å². The van der Waals surface area contributed by atoms with Crippen LogP contribution in [0.1, 0.15) is 32.3 Å². The molecule has 0 aliphatic carbocycles. The number of piperidine rings is 1. The highest BCUT2D eigenvalue weighted by atomic mass is 16.5. The minimum Gasteiger partial charge on any atom is -0.493 e. The Bertz CT molecular complexity index is 549. The summed E-state index contributed by atoms with van der Waals surface area (Å²) in [6.07, 6.45) is 2.26. The van der Waals surface area contributed by atoms with Crippen LogP contribution in [-0.2, 0) is 0 Å². The zero-order valence-corrected chi connectivity index (χ0v) is 15.0. The fraction of sp³-hybridized carbons (Fsp3) is 0.611. The Kier molecular flexibility index (Phi) is 6.28. The first-order chi connectivity index (χ1) is 11.1. The molecule has 1 N–H and O–H groups in total. The molecule has 0 saturated carbocycles. The number of benzene rings is 1. The van der Waals surface area contributed by atoms with Gasteiger partial charge in [0.15, 0.2) is 11.5 Å². The number of anilines is 1. The van der Waals surface area contributed by atoms with E-state index < -0.39 is 0 Å². The first-order valence-electron chi connectivity index (χ1n) is 8.33. The van der Waals surface area contributed by atoms with Crippen LogP contribution in [0.3, 0.4) is 0 Å². The Morgan fingerprint density at radius 2 is 1.83 bits per heavy atom. The molecular formula is C18H29N3O2. The van der Waals surface area contributed by atoms with E-state index in [1.165, 1.54) is 0 Å². The molecule has 5 nitrogen and oxygen atoms in total. The second kappa shape index (κ2) is 8.20. The molecule has 0 spiro atoms. The van der Waals surface area contributed by atoms with Crippen molar-refractivity contribution >= 4 is 11.4 Å². The van der Waals surface area contributed by atoms with Gasteiger partial charge < -0.3 is 19.7 Å². The van der Waals surface area contributed by atoms with E-state index in [0.29, 0.717) is 6.04 Å². The van der Waals surface area contributed by atoms with E-state index in [4.69, 9.17) is 14.5 Å². The lowest BCUT2D eigenvalue weighted by Crippen LogP contribution is -2.35. The van der Waals surface area contributed by atoms with E-state index in [2.05, 4.69) is 24.1 Å². The van der Waals surface area contributed by atoms with Crippen molar-refractivity contribution in [3.05, 3.63) is 17.7 Å². The molecule has 1 saturated heterocycles. The molecule has 0 atom stereocenters. The Balaban J connectivity index is 2.24. The van der Waals surface area contributed by atoms with E-state index in [1.54, 1.807) is 14.2 Å². The molecule has 0 radical (unpaired) electrons. The van der Waals surface area contributed by atoms with Crippen LogP contribution in [0.4, 0.5) is 5.69 Å². The zero-order valence-electron chi connectivity index (χ0n) is 15.0. The van der Waals surface area contributed by atoms with Gasteiger partial charge in [-0.2, -0.15) is 0 Å². The molecule has 128 valence electrons. The first kappa shape index (κ1) is 17.6. The number of aliphatic imine (C=N–C) groups is 1. The number of hydrogen-bond donors (Lipinski definition) is 1. The average molecular weight is 319 g/mol. The van der Waals surface area contributed by atoms with Gasteiger partial charge in [-0.25, -0.2) is 0 Å². The maximum Gasteiger partial charge on any atom is 0.162 e. The van der Waals surface area contributed by atoms with Gasteiger partial charge >= 0.3 is 0 Å². The van der Waals surface area contributed by atoms with Crippen LogP contribution in [0.15, 0.2) is 17.1 Å². The van der Waals surface area contributed by atoms with Crippen LogP contribution in [0.2, 0.25) is 0 Å². The number of likely N-dealkylation sites (tertiary alicyclic amines) is 1. The molecule has 1 aliphatic heterocycles. The van der Waals surface area contributed by atoms with Crippen LogP contribution in [0.5, 0.6) is 11.5 Å². The predicted octanol–water partition coefficient (Wildman–Crippen LogP) is 3.04. The van der Waals surface area contributed by atoms with E-state index in [9.17, 15) is 0 Å². The minimum atomic E-state index is 0.413. The standard InChI is InChI=1S/C18H29N3O2/c1-6-21-9-7-14(8-10-21)20-13(2)15-11-17(22-4)18(23-5)12-16(15)19-3/h11-12,14,19H,6-10H2,1-5H3. The third kappa shape index (κ3) is 4.16. The Hall–Kier alpha value is -1.75. The van der Waals surface area contributed by atoms with E-state index in [0.717, 1.165) is 60.9 Å². The number of nitrogens with one attached hydrogen (secondary N) is 1. The summed E-state index contributed by atoms with van der Waals surface area (Å²) < 4.78 is 10.8. The van der Waals surface area contributed by atoms with Gasteiger partial charge in [-0.3, -0.25) is 4.99 Å². The summed E-state index contributed by atoms with van der Waals surface area (Å²) in [5.41, 5.74) is 3.13. The molecular weight excluding hydrogens is 290 g/mol. The largest absolute Gasteiger partial charge is 0.493 e. The quantitative estimate of drug-likeness (QED) is 0.819. The Morgan fingerprint density at radius 1 is 1.22 bits per heavy atom. The van der Waals surface area contributed by atoms with E-state index in [-0.39, 0.29) is 0 Å². The van der Waals surface area contributed by atoms with Crippen LogP contribution in [0.25, 0.3) is 0 Å². The van der Waals surface area contributed by atoms with Gasteiger partial charge in [0.1, 0.15) is 0 Å². The molecule has 23 heavy (non-hydrogen) atoms. The van der Waals surface area contributed by atoms with Gasteiger partial charge in [-0.15, -0.1) is 0 Å². The molecule has 0 amide bonds. The molecule has 1 aromatic carbocycles. The van der Waals surface area contributed by atoms with Crippen LogP contribution in [0, 0.1) is 0 Å². The van der Waals surface area contributed by atoms with E-state index in [1.807, 2.05) is 19.2 Å². The fourth-order valence-corrected chi connectivity index (χ4v) is 3.09. The summed E-state index contributed by atoms with van der Waals surface area (Å²) in [5, 5.41) is 3.23. The number of methoxy groups -OCH3 is 2. The average Bonchev–Trinajstić information content (AvgIpc) is 2.60. The molecule has 0 aromatic heterocycles. The number of rotatable bonds is 6. The monoisotopic (exact) mass is 319 g/mol. The second-order valence-electron chi connectivity index (χ2n) is 5.88. The highest BCUT2D eigenvalue weighted by Gasteiger charge is 2.19. The van der Waals surface area contributed by atoms with Crippen molar-refractivity contribution in [3.63, 3.8) is 0 Å². The van der Waals surface area contributed by atoms with Gasteiger partial charge in [0, 0.05) is 43.2 Å². The minimum absolute atomic E-state index is 0.413. The summed E-state index contributed by atoms with van der Waals surface area (Å²) in [6.45, 7) is 7.71. The van der Waals surface area contributed by atoms with E-state index >= 15 is 0 Å². The normalized spacial score (nSPS) is 17.2. The molecule has 0 bridgehead atoms. The second-order valence-corrected chi connectivity index (χ2v) is 5.88. The van der Waals surface area contributed by atoms with Gasteiger partial charge in [0.2, 0.25) is 0 Å². The number of nitrogens with zero attached hydrogens (tertiary/aromatic N) is 2. The van der Waals surface area contributed by atoms with Crippen molar-refractivity contribution in [2.24, 2.45) is 4.99 Å². The smallest absolute Gasteiger partial charge is 0.162 e. The van der Waals surface area contributed by atoms with Crippen molar-refractivity contribution in [1.82, 2.24) is 4.90 Å². The van der Waals surface area contributed by atoms with Crippen LogP contribution in [-0.4, -0.2) is 57.6 Å². The number of hydrogen-bond acceptors (Lipinski definition) is 5. The summed E-state index contributed by atoms with van der Waals surface area (Å²) in [5.74, 6) is 1.46. The Labute approximate surface area is 139 Å². The van der Waals surface area contributed by atoms with Gasteiger partial charge in [-0.1, -0.05) is 6.92 Å². The molecule has 0 unspecified atom stereocenters. The van der Waals surface area contributed by atoms with Crippen molar-refractivity contribution in [2.75, 3.05) is 46.2 Å². The molecule has 5 heteroatoms. The fourth-order valence-electron chi connectivity index (χ4n) is 3.09. The zero-order chi connectivity index (χ0) is 16.8. The lowest BCUT2D eigenvalue weighted by molar-refractivity contribution is 0.224. The van der Waals surface area contributed by atoms with Crippen molar-refractivity contribution in [1.29, 1.82) is 0 Å². The maximum atomic E-state index is 5.43. The lowest BCUT2D eigenvalue weighted by atomic mass is 10.0. The third-order valence-corrected chi connectivity index (χ3v) is 4.56. The maximum absolute atomic E-state index is 5.43. The van der Waals surface area contributed by atoms with Crippen LogP contribution >= 0.6 is 0 Å². The lowest BCUT2D eigenvalue weighted by Gasteiger charge is -2.29. The highest BCUT2D eigenvalue weighted by molar-refractivity contribution is 6.04. The Morgan fingerprint density at radius 3 is 2.35 bits per heavy atom.